The van der Waals surface area contributed by atoms with Gasteiger partial charge in [0.05, 0.1) is 0 Å². The van der Waals surface area contributed by atoms with Crippen molar-refractivity contribution < 1.29 is 0 Å². The van der Waals surface area contributed by atoms with Crippen LogP contribution in [0.2, 0.25) is 0 Å². The fourth-order valence-electron chi connectivity index (χ4n) is 0.814. The highest BCUT2D eigenvalue weighted by molar-refractivity contribution is 7.99. The van der Waals surface area contributed by atoms with Crippen LogP contribution < -0.4 is 0 Å². The highest BCUT2D eigenvalue weighted by Crippen LogP contribution is 2.18. The van der Waals surface area contributed by atoms with E-state index in [9.17, 15) is 0 Å². The summed E-state index contributed by atoms with van der Waals surface area (Å²) in [5.74, 6) is 2.40. The van der Waals surface area contributed by atoms with Crippen LogP contribution in [-0.2, 0) is 0 Å². The zero-order valence-corrected chi connectivity index (χ0v) is 5.58. The summed E-state index contributed by atoms with van der Waals surface area (Å²) in [4.78, 5) is 3.48. The van der Waals surface area contributed by atoms with Crippen molar-refractivity contribution in [1.29, 1.82) is 0 Å². The smallest absolute Gasteiger partial charge is 0.225 e. The van der Waals surface area contributed by atoms with Crippen molar-refractivity contribution in [3.63, 3.8) is 0 Å². The molecule has 0 bridgehead atoms. The van der Waals surface area contributed by atoms with Crippen molar-refractivity contribution >= 4 is 11.8 Å². The van der Waals surface area contributed by atoms with Gasteiger partial charge in [-0.15, -0.1) is 0 Å². The molecule has 0 aromatic heterocycles. The number of hydrogen-bond acceptors (Lipinski definition) is 1. The summed E-state index contributed by atoms with van der Waals surface area (Å²) in [6.07, 6.45) is 2.24. The molecule has 0 N–H and O–H groups in total. The van der Waals surface area contributed by atoms with Crippen LogP contribution in [0.4, 0.5) is 0 Å². The largest absolute Gasteiger partial charge is 0.314 e. The Kier molecular flexibility index (Phi) is 2.23. The second kappa shape index (κ2) is 2.99. The number of rotatable bonds is 0. The zero-order valence-electron chi connectivity index (χ0n) is 4.76. The minimum absolute atomic E-state index is 0.358. The van der Waals surface area contributed by atoms with Crippen molar-refractivity contribution in [1.82, 2.24) is 0 Å². The molecule has 44 valence electrons. The van der Waals surface area contributed by atoms with E-state index in [4.69, 9.17) is 6.57 Å². The first-order valence-electron chi connectivity index (χ1n) is 2.88. The predicted molar refractivity (Wildman–Crippen MR) is 36.9 cm³/mol. The summed E-state index contributed by atoms with van der Waals surface area (Å²) in [6.45, 7) is 6.71. The first kappa shape index (κ1) is 5.97. The van der Waals surface area contributed by atoms with Crippen molar-refractivity contribution in [3.05, 3.63) is 11.4 Å². The van der Waals surface area contributed by atoms with E-state index >= 15 is 0 Å². The van der Waals surface area contributed by atoms with Gasteiger partial charge in [0.25, 0.3) is 0 Å². The summed E-state index contributed by atoms with van der Waals surface area (Å²) >= 11 is 1.97. The predicted octanol–water partition coefficient (Wildman–Crippen LogP) is 1.80. The molecule has 1 fully saturated rings. The quantitative estimate of drug-likeness (QED) is 0.449. The van der Waals surface area contributed by atoms with Gasteiger partial charge in [0, 0.05) is 24.3 Å². The van der Waals surface area contributed by atoms with Crippen molar-refractivity contribution in [2.24, 2.45) is 0 Å². The fourth-order valence-corrected chi connectivity index (χ4v) is 1.90. The van der Waals surface area contributed by atoms with Gasteiger partial charge in [-0.2, -0.15) is 11.8 Å². The minimum Gasteiger partial charge on any atom is -0.314 e. The third-order valence-electron chi connectivity index (χ3n) is 1.37. The van der Waals surface area contributed by atoms with E-state index < -0.39 is 0 Å². The van der Waals surface area contributed by atoms with Gasteiger partial charge in [-0.3, -0.25) is 0 Å². The van der Waals surface area contributed by atoms with Crippen molar-refractivity contribution in [3.8, 4) is 0 Å². The van der Waals surface area contributed by atoms with Crippen LogP contribution in [0, 0.1) is 6.57 Å². The third kappa shape index (κ3) is 1.41. The van der Waals surface area contributed by atoms with E-state index in [1.165, 1.54) is 11.5 Å². The summed E-state index contributed by atoms with van der Waals surface area (Å²) in [6, 6.07) is 0.358. The van der Waals surface area contributed by atoms with Gasteiger partial charge in [-0.25, -0.2) is 6.57 Å². The third-order valence-corrected chi connectivity index (χ3v) is 2.42. The lowest BCUT2D eigenvalue weighted by molar-refractivity contribution is 0.707. The second-order valence-corrected chi connectivity index (χ2v) is 3.20. The van der Waals surface area contributed by atoms with E-state index in [0.717, 1.165) is 12.8 Å². The number of thioether (sulfide) groups is 1. The minimum atomic E-state index is 0.358. The Morgan fingerprint density at radius 2 is 2.00 bits per heavy atom. The molecule has 0 aliphatic carbocycles. The van der Waals surface area contributed by atoms with Gasteiger partial charge in [0.1, 0.15) is 0 Å². The lowest BCUT2D eigenvalue weighted by atomic mass is 10.2. The average Bonchev–Trinajstić information content (AvgIpc) is 1.90. The van der Waals surface area contributed by atoms with Crippen LogP contribution in [0.3, 0.4) is 0 Å². The van der Waals surface area contributed by atoms with Crippen LogP contribution in [0.15, 0.2) is 0 Å². The topological polar surface area (TPSA) is 4.36 Å². The van der Waals surface area contributed by atoms with Crippen LogP contribution in [0.5, 0.6) is 0 Å². The molecule has 1 rings (SSSR count). The van der Waals surface area contributed by atoms with E-state index in [1.807, 2.05) is 11.8 Å². The molecule has 2 heteroatoms. The highest BCUT2D eigenvalue weighted by Gasteiger charge is 2.15. The molecule has 0 atom stereocenters. The second-order valence-electron chi connectivity index (χ2n) is 1.97. The van der Waals surface area contributed by atoms with E-state index in [-0.39, 0.29) is 0 Å². The average molecular weight is 127 g/mol. The Labute approximate surface area is 54.3 Å². The van der Waals surface area contributed by atoms with Gasteiger partial charge in [-0.1, -0.05) is 0 Å². The molecule has 1 aliphatic heterocycles. The Bertz CT molecular complexity index is 99.6. The molecule has 1 aliphatic rings. The molecule has 0 aromatic rings. The molecule has 8 heavy (non-hydrogen) atoms. The summed E-state index contributed by atoms with van der Waals surface area (Å²) in [5, 5.41) is 0. The summed E-state index contributed by atoms with van der Waals surface area (Å²) in [7, 11) is 0. The molecule has 0 amide bonds. The Hall–Kier alpha value is -0.160. The van der Waals surface area contributed by atoms with Crippen molar-refractivity contribution in [2.75, 3.05) is 11.5 Å². The van der Waals surface area contributed by atoms with E-state index in [1.54, 1.807) is 0 Å². The first-order chi connectivity index (χ1) is 3.93. The standard InChI is InChI=1S/C6H9NS/c1-7-6-2-4-8-5-3-6/h6H,2-5H2. The molecule has 0 radical (unpaired) electrons. The van der Waals surface area contributed by atoms with Crippen LogP contribution >= 0.6 is 11.8 Å². The number of hydrogen-bond donors (Lipinski definition) is 0. The molecule has 0 saturated carbocycles. The SMILES string of the molecule is [C-]#[N+]C1CCSCC1. The lowest BCUT2D eigenvalue weighted by Crippen LogP contribution is -2.10. The van der Waals surface area contributed by atoms with Crippen LogP contribution in [0.25, 0.3) is 4.85 Å². The number of nitrogens with zero attached hydrogens (tertiary/aromatic N) is 1. The molecule has 0 unspecified atom stereocenters. The molecular formula is C6H9NS. The Balaban J connectivity index is 2.25. The van der Waals surface area contributed by atoms with Gasteiger partial charge < -0.3 is 4.85 Å². The Morgan fingerprint density at radius 3 is 2.38 bits per heavy atom. The lowest BCUT2D eigenvalue weighted by Gasteiger charge is -2.09. The molecule has 1 saturated heterocycles. The van der Waals surface area contributed by atoms with Crippen LogP contribution in [0.1, 0.15) is 12.8 Å². The maximum atomic E-state index is 6.71. The van der Waals surface area contributed by atoms with Crippen molar-refractivity contribution in [2.45, 2.75) is 18.9 Å². The molecule has 1 heterocycles. The van der Waals surface area contributed by atoms with Gasteiger partial charge in [0.15, 0.2) is 0 Å². The van der Waals surface area contributed by atoms with Gasteiger partial charge in [-0.05, 0) is 0 Å². The summed E-state index contributed by atoms with van der Waals surface area (Å²) < 4.78 is 0. The van der Waals surface area contributed by atoms with Gasteiger partial charge in [0.2, 0.25) is 6.04 Å². The maximum Gasteiger partial charge on any atom is 0.225 e. The zero-order chi connectivity index (χ0) is 5.82. The van der Waals surface area contributed by atoms with Crippen LogP contribution in [-0.4, -0.2) is 17.5 Å². The Morgan fingerprint density at radius 1 is 1.38 bits per heavy atom. The molecule has 0 spiro atoms. The summed E-state index contributed by atoms with van der Waals surface area (Å²) in [5.41, 5.74) is 0. The normalized spacial score (nSPS) is 22.4. The van der Waals surface area contributed by atoms with Gasteiger partial charge >= 0.3 is 0 Å². The molecule has 1 nitrogen and oxygen atoms in total. The molecule has 0 aromatic carbocycles. The first-order valence-corrected chi connectivity index (χ1v) is 4.03. The maximum absolute atomic E-state index is 6.71. The highest BCUT2D eigenvalue weighted by atomic mass is 32.2. The monoisotopic (exact) mass is 127 g/mol. The fraction of sp³-hybridized carbons (Fsp3) is 0.833. The molecular weight excluding hydrogens is 118 g/mol. The van der Waals surface area contributed by atoms with E-state index in [0.29, 0.717) is 6.04 Å². The van der Waals surface area contributed by atoms with E-state index in [2.05, 4.69) is 4.85 Å².